The molecule has 1 aromatic rings. The summed E-state index contributed by atoms with van der Waals surface area (Å²) < 4.78 is 5.73. The van der Waals surface area contributed by atoms with Gasteiger partial charge in [-0.3, -0.25) is 4.90 Å². The Morgan fingerprint density at radius 3 is 3.06 bits per heavy atom. The van der Waals surface area contributed by atoms with Crippen molar-refractivity contribution in [3.8, 4) is 5.75 Å². The first-order valence-electron chi connectivity index (χ1n) is 6.04. The number of rotatable bonds is 4. The molecule has 94 valence electrons. The van der Waals surface area contributed by atoms with Crippen molar-refractivity contribution in [2.45, 2.75) is 17.9 Å². The first-order valence-corrected chi connectivity index (χ1v) is 7.03. The molecule has 1 unspecified atom stereocenters. The number of nitrogens with zero attached hydrogens (tertiary/aromatic N) is 1. The van der Waals surface area contributed by atoms with Crippen molar-refractivity contribution in [2.75, 3.05) is 32.0 Å². The van der Waals surface area contributed by atoms with E-state index in [2.05, 4.69) is 11.8 Å². The lowest BCUT2D eigenvalue weighted by molar-refractivity contribution is -0.0137. The number of phenolic OH excluding ortho intramolecular Hbond substituents is 1. The van der Waals surface area contributed by atoms with Gasteiger partial charge in [0, 0.05) is 23.7 Å². The van der Waals surface area contributed by atoms with Crippen molar-refractivity contribution >= 4 is 11.8 Å². The van der Waals surface area contributed by atoms with Crippen LogP contribution in [0.1, 0.15) is 6.92 Å². The first-order chi connectivity index (χ1) is 8.29. The molecule has 1 aliphatic heterocycles. The fourth-order valence-electron chi connectivity index (χ4n) is 1.93. The van der Waals surface area contributed by atoms with Crippen LogP contribution in [0.25, 0.3) is 0 Å². The first kappa shape index (κ1) is 12.7. The molecule has 1 N–H and O–H groups in total. The van der Waals surface area contributed by atoms with E-state index in [0.717, 1.165) is 36.9 Å². The number of hydrogen-bond acceptors (Lipinski definition) is 4. The number of benzene rings is 1. The van der Waals surface area contributed by atoms with E-state index in [9.17, 15) is 5.11 Å². The van der Waals surface area contributed by atoms with Crippen molar-refractivity contribution in [3.63, 3.8) is 0 Å². The summed E-state index contributed by atoms with van der Waals surface area (Å²) in [5, 5.41) is 9.67. The molecule has 1 atom stereocenters. The van der Waals surface area contributed by atoms with Gasteiger partial charge in [0.1, 0.15) is 5.75 Å². The van der Waals surface area contributed by atoms with Crippen LogP contribution >= 0.6 is 11.8 Å². The van der Waals surface area contributed by atoms with Crippen LogP contribution in [-0.4, -0.2) is 48.1 Å². The molecule has 0 radical (unpaired) electrons. The van der Waals surface area contributed by atoms with Gasteiger partial charge in [0.05, 0.1) is 12.7 Å². The molecule has 4 heteroatoms. The second kappa shape index (κ2) is 6.28. The van der Waals surface area contributed by atoms with Crippen LogP contribution in [0.2, 0.25) is 0 Å². The zero-order valence-corrected chi connectivity index (χ0v) is 10.9. The largest absolute Gasteiger partial charge is 0.507 e. The number of thioether (sulfide) groups is 1. The smallest absolute Gasteiger partial charge is 0.129 e. The Labute approximate surface area is 107 Å². The van der Waals surface area contributed by atoms with Gasteiger partial charge in [0.25, 0.3) is 0 Å². The number of likely N-dealkylation sites (N-methyl/N-ethyl adjacent to an activating group) is 1. The topological polar surface area (TPSA) is 32.7 Å². The lowest BCUT2D eigenvalue weighted by atomic mass is 10.3. The van der Waals surface area contributed by atoms with E-state index in [1.165, 1.54) is 0 Å². The van der Waals surface area contributed by atoms with Crippen LogP contribution in [0.15, 0.2) is 29.2 Å². The molecule has 0 spiro atoms. The number of ether oxygens (including phenoxy) is 1. The molecular formula is C13H19NO2S. The van der Waals surface area contributed by atoms with Gasteiger partial charge in [-0.25, -0.2) is 0 Å². The molecule has 1 aromatic carbocycles. The van der Waals surface area contributed by atoms with Crippen LogP contribution in [0.3, 0.4) is 0 Å². The van der Waals surface area contributed by atoms with Crippen LogP contribution < -0.4 is 0 Å². The van der Waals surface area contributed by atoms with Crippen LogP contribution in [0.5, 0.6) is 5.75 Å². The second-order valence-electron chi connectivity index (χ2n) is 4.16. The molecule has 0 saturated carbocycles. The van der Waals surface area contributed by atoms with E-state index >= 15 is 0 Å². The second-order valence-corrected chi connectivity index (χ2v) is 5.23. The Bertz CT molecular complexity index is 359. The fourth-order valence-corrected chi connectivity index (χ4v) is 2.89. The molecule has 1 saturated heterocycles. The average Bonchev–Trinajstić information content (AvgIpc) is 2.38. The number of aromatic hydroxyl groups is 1. The minimum absolute atomic E-state index is 0.272. The highest BCUT2D eigenvalue weighted by molar-refractivity contribution is 7.99. The summed E-state index contributed by atoms with van der Waals surface area (Å²) in [5.74, 6) is 1.26. The van der Waals surface area contributed by atoms with Gasteiger partial charge in [0.2, 0.25) is 0 Å². The van der Waals surface area contributed by atoms with Crippen molar-refractivity contribution in [3.05, 3.63) is 24.3 Å². The predicted octanol–water partition coefficient (Wildman–Crippen LogP) is 2.21. The predicted molar refractivity (Wildman–Crippen MR) is 70.7 cm³/mol. The van der Waals surface area contributed by atoms with Crippen molar-refractivity contribution in [1.82, 2.24) is 4.90 Å². The van der Waals surface area contributed by atoms with Gasteiger partial charge in [-0.05, 0) is 18.7 Å². The standard InChI is InChI=1S/C13H19NO2S/c1-2-14-7-8-16-11(9-14)10-17-13-6-4-3-5-12(13)15/h3-6,11,15H,2,7-10H2,1H3. The maximum absolute atomic E-state index is 9.67. The van der Waals surface area contributed by atoms with E-state index in [0.29, 0.717) is 5.75 Å². The quantitative estimate of drug-likeness (QED) is 0.834. The van der Waals surface area contributed by atoms with Crippen LogP contribution in [0.4, 0.5) is 0 Å². The van der Waals surface area contributed by atoms with Crippen LogP contribution in [-0.2, 0) is 4.74 Å². The number of phenols is 1. The summed E-state index contributed by atoms with van der Waals surface area (Å²) in [6.07, 6.45) is 0.272. The number of para-hydroxylation sites is 1. The van der Waals surface area contributed by atoms with Crippen molar-refractivity contribution < 1.29 is 9.84 Å². The van der Waals surface area contributed by atoms with Crippen molar-refractivity contribution in [2.24, 2.45) is 0 Å². The summed E-state index contributed by atoms with van der Waals surface area (Å²) in [4.78, 5) is 3.34. The molecule has 17 heavy (non-hydrogen) atoms. The van der Waals surface area contributed by atoms with E-state index in [4.69, 9.17) is 4.74 Å². The van der Waals surface area contributed by atoms with Gasteiger partial charge in [-0.2, -0.15) is 0 Å². The number of morpholine rings is 1. The lowest BCUT2D eigenvalue weighted by Crippen LogP contribution is -2.43. The molecule has 0 amide bonds. The molecule has 3 nitrogen and oxygen atoms in total. The zero-order chi connectivity index (χ0) is 12.1. The summed E-state index contributed by atoms with van der Waals surface area (Å²) in [6, 6.07) is 7.46. The van der Waals surface area contributed by atoms with Gasteiger partial charge >= 0.3 is 0 Å². The minimum atomic E-state index is 0.272. The highest BCUT2D eigenvalue weighted by Crippen LogP contribution is 2.28. The Kier molecular flexibility index (Phi) is 4.71. The Hall–Kier alpha value is -0.710. The lowest BCUT2D eigenvalue weighted by Gasteiger charge is -2.31. The molecule has 0 aromatic heterocycles. The molecule has 1 heterocycles. The highest BCUT2D eigenvalue weighted by atomic mass is 32.2. The molecular weight excluding hydrogens is 234 g/mol. The minimum Gasteiger partial charge on any atom is -0.507 e. The average molecular weight is 253 g/mol. The SMILES string of the molecule is CCN1CCOC(CSc2ccccc2O)C1. The van der Waals surface area contributed by atoms with Gasteiger partial charge in [-0.15, -0.1) is 11.8 Å². The van der Waals surface area contributed by atoms with E-state index in [-0.39, 0.29) is 6.10 Å². The third-order valence-corrected chi connectivity index (χ3v) is 4.15. The molecule has 0 bridgehead atoms. The molecule has 1 fully saturated rings. The normalized spacial score (nSPS) is 21.6. The number of hydrogen-bond donors (Lipinski definition) is 1. The maximum atomic E-state index is 9.67. The summed E-state index contributed by atoms with van der Waals surface area (Å²) >= 11 is 1.66. The van der Waals surface area contributed by atoms with E-state index < -0.39 is 0 Å². The van der Waals surface area contributed by atoms with Crippen LogP contribution in [0, 0.1) is 0 Å². The van der Waals surface area contributed by atoms with Gasteiger partial charge < -0.3 is 9.84 Å². The zero-order valence-electron chi connectivity index (χ0n) is 10.1. The monoisotopic (exact) mass is 253 g/mol. The summed E-state index contributed by atoms with van der Waals surface area (Å²) in [5.41, 5.74) is 0. The molecule has 1 aliphatic rings. The Morgan fingerprint density at radius 1 is 1.47 bits per heavy atom. The maximum Gasteiger partial charge on any atom is 0.129 e. The van der Waals surface area contributed by atoms with E-state index in [1.54, 1.807) is 17.8 Å². The Morgan fingerprint density at radius 2 is 2.29 bits per heavy atom. The summed E-state index contributed by atoms with van der Waals surface area (Å²) in [7, 11) is 0. The fraction of sp³-hybridized carbons (Fsp3) is 0.538. The van der Waals surface area contributed by atoms with E-state index in [1.807, 2.05) is 18.2 Å². The van der Waals surface area contributed by atoms with Gasteiger partial charge in [-0.1, -0.05) is 19.1 Å². The third-order valence-electron chi connectivity index (χ3n) is 2.96. The Balaban J connectivity index is 1.84. The third kappa shape index (κ3) is 3.63. The van der Waals surface area contributed by atoms with Gasteiger partial charge in [0.15, 0.2) is 0 Å². The van der Waals surface area contributed by atoms with Crippen molar-refractivity contribution in [1.29, 1.82) is 0 Å². The highest BCUT2D eigenvalue weighted by Gasteiger charge is 2.19. The molecule has 2 rings (SSSR count). The summed E-state index contributed by atoms with van der Waals surface area (Å²) in [6.45, 7) is 6.12. The molecule has 0 aliphatic carbocycles.